The van der Waals surface area contributed by atoms with Crippen molar-refractivity contribution in [3.05, 3.63) is 0 Å². The van der Waals surface area contributed by atoms with E-state index in [4.69, 9.17) is 5.26 Å². The van der Waals surface area contributed by atoms with Crippen LogP contribution >= 0.6 is 0 Å². The van der Waals surface area contributed by atoms with E-state index in [9.17, 15) is 4.39 Å². The molecule has 1 unspecified atom stereocenters. The van der Waals surface area contributed by atoms with Crippen LogP contribution in [0, 0.1) is 23.2 Å². The normalized spacial score (nSPS) is 22.5. The van der Waals surface area contributed by atoms with Gasteiger partial charge in [0.25, 0.3) is 0 Å². The zero-order valence-corrected chi connectivity index (χ0v) is 6.72. The van der Waals surface area contributed by atoms with Crippen molar-refractivity contribution in [3.8, 4) is 6.07 Å². The molecule has 1 rings (SSSR count). The summed E-state index contributed by atoms with van der Waals surface area (Å²) in [6.45, 7) is -0.457. The number of hydrogen-bond acceptors (Lipinski definition) is 1. The van der Waals surface area contributed by atoms with E-state index in [2.05, 4.69) is 0 Å². The Balaban J connectivity index is 2.38. The Bertz CT molecular complexity index is 144. The van der Waals surface area contributed by atoms with Gasteiger partial charge in [-0.3, -0.25) is 0 Å². The molecule has 11 heavy (non-hydrogen) atoms. The van der Waals surface area contributed by atoms with Gasteiger partial charge in [0.2, 0.25) is 0 Å². The summed E-state index contributed by atoms with van der Waals surface area (Å²) in [5.41, 5.74) is 0. The fourth-order valence-corrected chi connectivity index (χ4v) is 1.80. The fourth-order valence-electron chi connectivity index (χ4n) is 1.80. The molecule has 0 aromatic carbocycles. The molecule has 0 aliphatic heterocycles. The molecular weight excluding hydrogens is 141 g/mol. The molecular formula is C9H14FN. The van der Waals surface area contributed by atoms with Crippen LogP contribution < -0.4 is 0 Å². The molecule has 0 bridgehead atoms. The van der Waals surface area contributed by atoms with Crippen LogP contribution in [0.5, 0.6) is 0 Å². The summed E-state index contributed by atoms with van der Waals surface area (Å²) in [7, 11) is 0. The number of nitrogens with zero attached hydrogens (tertiary/aromatic N) is 1. The van der Waals surface area contributed by atoms with Crippen LogP contribution in [0.15, 0.2) is 0 Å². The van der Waals surface area contributed by atoms with Crippen LogP contribution in [0.2, 0.25) is 0 Å². The van der Waals surface area contributed by atoms with Crippen LogP contribution in [-0.4, -0.2) is 6.67 Å². The Labute approximate surface area is 67.2 Å². The van der Waals surface area contributed by atoms with Crippen molar-refractivity contribution in [1.82, 2.24) is 0 Å². The van der Waals surface area contributed by atoms with E-state index in [-0.39, 0.29) is 5.92 Å². The smallest absolute Gasteiger partial charge is 0.105 e. The van der Waals surface area contributed by atoms with Crippen LogP contribution in [-0.2, 0) is 0 Å². The standard InChI is InChI=1S/C9H14FN/c10-6-9(7-11)8-4-2-1-3-5-8/h8-9H,1-6H2. The molecule has 1 nitrogen and oxygen atoms in total. The van der Waals surface area contributed by atoms with Crippen molar-refractivity contribution < 1.29 is 4.39 Å². The SMILES string of the molecule is N#CC(CF)C1CCCCC1. The lowest BCUT2D eigenvalue weighted by atomic mass is 9.81. The van der Waals surface area contributed by atoms with Gasteiger partial charge in [-0.2, -0.15) is 5.26 Å². The zero-order chi connectivity index (χ0) is 8.10. The van der Waals surface area contributed by atoms with E-state index in [1.807, 2.05) is 6.07 Å². The summed E-state index contributed by atoms with van der Waals surface area (Å²) in [5, 5.41) is 8.59. The molecule has 0 saturated heterocycles. The highest BCUT2D eigenvalue weighted by Crippen LogP contribution is 2.29. The van der Waals surface area contributed by atoms with Crippen molar-refractivity contribution >= 4 is 0 Å². The van der Waals surface area contributed by atoms with Crippen molar-refractivity contribution in [2.75, 3.05) is 6.67 Å². The predicted octanol–water partition coefficient (Wildman–Crippen LogP) is 2.68. The average Bonchev–Trinajstić information content (AvgIpc) is 2.09. The fraction of sp³-hybridized carbons (Fsp3) is 0.889. The molecule has 0 amide bonds. The third kappa shape index (κ3) is 2.18. The largest absolute Gasteiger partial charge is 0.250 e. The Kier molecular flexibility index (Phi) is 3.35. The number of nitriles is 1. The van der Waals surface area contributed by atoms with Gasteiger partial charge in [-0.15, -0.1) is 0 Å². The minimum Gasteiger partial charge on any atom is -0.250 e. The quantitative estimate of drug-likeness (QED) is 0.601. The zero-order valence-electron chi connectivity index (χ0n) is 6.72. The molecule has 0 heterocycles. The third-order valence-electron chi connectivity index (χ3n) is 2.55. The van der Waals surface area contributed by atoms with Gasteiger partial charge in [-0.05, 0) is 18.8 Å². The van der Waals surface area contributed by atoms with Gasteiger partial charge in [-0.1, -0.05) is 19.3 Å². The second kappa shape index (κ2) is 4.33. The van der Waals surface area contributed by atoms with Crippen molar-refractivity contribution in [1.29, 1.82) is 5.26 Å². The van der Waals surface area contributed by atoms with Gasteiger partial charge in [0, 0.05) is 0 Å². The summed E-state index contributed by atoms with van der Waals surface area (Å²) in [5.74, 6) is 0.0223. The maximum Gasteiger partial charge on any atom is 0.105 e. The average molecular weight is 155 g/mol. The van der Waals surface area contributed by atoms with Gasteiger partial charge in [0.1, 0.15) is 6.67 Å². The molecule has 1 aliphatic rings. The van der Waals surface area contributed by atoms with Crippen LogP contribution in [0.25, 0.3) is 0 Å². The molecule has 1 saturated carbocycles. The molecule has 0 aromatic rings. The number of halogens is 1. The Hall–Kier alpha value is -0.580. The van der Waals surface area contributed by atoms with E-state index in [0.717, 1.165) is 12.8 Å². The van der Waals surface area contributed by atoms with E-state index in [0.29, 0.717) is 5.92 Å². The number of alkyl halides is 1. The molecule has 1 atom stereocenters. The second-order valence-electron chi connectivity index (χ2n) is 3.29. The topological polar surface area (TPSA) is 23.8 Å². The number of hydrogen-bond donors (Lipinski definition) is 0. The highest BCUT2D eigenvalue weighted by Gasteiger charge is 2.22. The Morgan fingerprint density at radius 2 is 2.00 bits per heavy atom. The summed E-state index contributed by atoms with van der Waals surface area (Å²) >= 11 is 0. The first-order valence-electron chi connectivity index (χ1n) is 4.34. The van der Waals surface area contributed by atoms with Gasteiger partial charge in [0.15, 0.2) is 0 Å². The van der Waals surface area contributed by atoms with Gasteiger partial charge in [-0.25, -0.2) is 4.39 Å². The summed E-state index contributed by atoms with van der Waals surface area (Å²) < 4.78 is 12.2. The van der Waals surface area contributed by atoms with Crippen LogP contribution in [0.1, 0.15) is 32.1 Å². The molecule has 0 spiro atoms. The number of rotatable bonds is 2. The van der Waals surface area contributed by atoms with E-state index in [1.54, 1.807) is 0 Å². The molecule has 1 fully saturated rings. The first-order valence-corrected chi connectivity index (χ1v) is 4.34. The molecule has 62 valence electrons. The summed E-state index contributed by atoms with van der Waals surface area (Å²) in [6, 6.07) is 2.05. The van der Waals surface area contributed by atoms with Crippen molar-refractivity contribution in [2.45, 2.75) is 32.1 Å². The van der Waals surface area contributed by atoms with Crippen LogP contribution in [0.4, 0.5) is 4.39 Å². The maximum atomic E-state index is 12.2. The van der Waals surface area contributed by atoms with Gasteiger partial charge < -0.3 is 0 Å². The highest BCUT2D eigenvalue weighted by atomic mass is 19.1. The Morgan fingerprint density at radius 3 is 2.45 bits per heavy atom. The first kappa shape index (κ1) is 8.52. The molecule has 0 radical (unpaired) electrons. The highest BCUT2D eigenvalue weighted by molar-refractivity contribution is 4.88. The molecule has 1 aliphatic carbocycles. The van der Waals surface area contributed by atoms with E-state index >= 15 is 0 Å². The summed E-state index contributed by atoms with van der Waals surface area (Å²) in [4.78, 5) is 0. The van der Waals surface area contributed by atoms with E-state index in [1.165, 1.54) is 19.3 Å². The third-order valence-corrected chi connectivity index (χ3v) is 2.55. The van der Waals surface area contributed by atoms with Gasteiger partial charge in [0.05, 0.1) is 12.0 Å². The molecule has 0 aromatic heterocycles. The predicted molar refractivity (Wildman–Crippen MR) is 41.7 cm³/mol. The molecule has 2 heteroatoms. The maximum absolute atomic E-state index is 12.2. The van der Waals surface area contributed by atoms with E-state index < -0.39 is 6.67 Å². The second-order valence-corrected chi connectivity index (χ2v) is 3.29. The monoisotopic (exact) mass is 155 g/mol. The van der Waals surface area contributed by atoms with Crippen LogP contribution in [0.3, 0.4) is 0 Å². The minimum atomic E-state index is -0.457. The lowest BCUT2D eigenvalue weighted by Gasteiger charge is -2.23. The Morgan fingerprint density at radius 1 is 1.36 bits per heavy atom. The first-order chi connectivity index (χ1) is 5.38. The lowest BCUT2D eigenvalue weighted by molar-refractivity contribution is 0.249. The summed E-state index contributed by atoms with van der Waals surface area (Å²) in [6.07, 6.45) is 5.75. The van der Waals surface area contributed by atoms with Crippen molar-refractivity contribution in [2.24, 2.45) is 11.8 Å². The lowest BCUT2D eigenvalue weighted by Crippen LogP contribution is -2.17. The minimum absolute atomic E-state index is 0.324. The van der Waals surface area contributed by atoms with Crippen molar-refractivity contribution in [3.63, 3.8) is 0 Å². The van der Waals surface area contributed by atoms with Gasteiger partial charge >= 0.3 is 0 Å². The molecule has 0 N–H and O–H groups in total.